The Morgan fingerprint density at radius 1 is 1.26 bits per heavy atom. The third-order valence-electron chi connectivity index (χ3n) is 3.91. The molecule has 1 aromatic carbocycles. The minimum atomic E-state index is -0.980. The van der Waals surface area contributed by atoms with Gasteiger partial charge in [0.1, 0.15) is 11.4 Å². The summed E-state index contributed by atoms with van der Waals surface area (Å²) in [4.78, 5) is 23.3. The van der Waals surface area contributed by atoms with Crippen LogP contribution < -0.4 is 5.32 Å². The quantitative estimate of drug-likeness (QED) is 0.895. The number of alkyl carbamates (subject to hydrolysis) is 1. The van der Waals surface area contributed by atoms with Gasteiger partial charge in [0, 0.05) is 12.0 Å². The van der Waals surface area contributed by atoms with Crippen LogP contribution in [0.15, 0.2) is 24.3 Å². The molecule has 0 radical (unpaired) electrons. The fraction of sp³-hybridized carbons (Fsp3) is 0.529. The van der Waals surface area contributed by atoms with Crippen LogP contribution in [-0.2, 0) is 9.53 Å². The molecule has 3 atom stereocenters. The lowest BCUT2D eigenvalue weighted by atomic mass is 9.89. The van der Waals surface area contributed by atoms with Crippen molar-refractivity contribution >= 4 is 12.1 Å². The first-order chi connectivity index (χ1) is 10.7. The Morgan fingerprint density at radius 3 is 2.48 bits per heavy atom. The van der Waals surface area contributed by atoms with Gasteiger partial charge in [-0.05, 0) is 45.2 Å². The van der Waals surface area contributed by atoms with Crippen LogP contribution in [-0.4, -0.2) is 28.8 Å². The van der Waals surface area contributed by atoms with E-state index in [0.717, 1.165) is 0 Å². The van der Waals surface area contributed by atoms with E-state index < -0.39 is 35.3 Å². The Bertz CT molecular complexity index is 597. The van der Waals surface area contributed by atoms with Crippen LogP contribution in [0.3, 0.4) is 0 Å². The van der Waals surface area contributed by atoms with Gasteiger partial charge >= 0.3 is 12.1 Å². The molecule has 6 heteroatoms. The molecule has 1 aliphatic carbocycles. The van der Waals surface area contributed by atoms with Gasteiger partial charge in [0.15, 0.2) is 0 Å². The summed E-state index contributed by atoms with van der Waals surface area (Å²) in [5.74, 6) is -2.59. The fourth-order valence-corrected chi connectivity index (χ4v) is 3.02. The maximum atomic E-state index is 14.0. The van der Waals surface area contributed by atoms with Gasteiger partial charge in [-0.2, -0.15) is 0 Å². The van der Waals surface area contributed by atoms with Crippen molar-refractivity contribution in [3.8, 4) is 0 Å². The van der Waals surface area contributed by atoms with Crippen molar-refractivity contribution in [1.29, 1.82) is 0 Å². The zero-order valence-electron chi connectivity index (χ0n) is 13.5. The smallest absolute Gasteiger partial charge is 0.407 e. The molecule has 2 N–H and O–H groups in total. The fourth-order valence-electron chi connectivity index (χ4n) is 3.02. The summed E-state index contributed by atoms with van der Waals surface area (Å²) in [6.45, 7) is 5.26. The molecule has 1 fully saturated rings. The predicted octanol–water partition coefficient (Wildman–Crippen LogP) is 3.30. The average molecular weight is 323 g/mol. The van der Waals surface area contributed by atoms with Crippen molar-refractivity contribution in [2.75, 3.05) is 0 Å². The summed E-state index contributed by atoms with van der Waals surface area (Å²) in [5, 5.41) is 12.1. The molecule has 1 aliphatic rings. The number of carbonyl (C=O) groups excluding carboxylic acids is 1. The van der Waals surface area contributed by atoms with Gasteiger partial charge in [-0.15, -0.1) is 0 Å². The Hall–Kier alpha value is -2.11. The molecule has 0 spiro atoms. The minimum absolute atomic E-state index is 0.258. The zero-order chi connectivity index (χ0) is 17.2. The molecule has 23 heavy (non-hydrogen) atoms. The number of amides is 1. The summed E-state index contributed by atoms with van der Waals surface area (Å²) < 4.78 is 19.2. The number of aliphatic carboxylic acids is 1. The summed E-state index contributed by atoms with van der Waals surface area (Å²) >= 11 is 0. The third-order valence-corrected chi connectivity index (χ3v) is 3.91. The number of hydrogen-bond acceptors (Lipinski definition) is 3. The highest BCUT2D eigenvalue weighted by Gasteiger charge is 2.41. The molecule has 1 saturated carbocycles. The van der Waals surface area contributed by atoms with E-state index >= 15 is 0 Å². The standard InChI is InChI=1S/C17H22FNO4/c1-17(2,3)23-16(22)19-10-8-12(13(9-10)15(20)21)11-6-4-5-7-14(11)18/h4-7,10,12-13H,8-9H2,1-3H3,(H,19,22)(H,20,21)/t10-,12+,13-/m1/s1. The van der Waals surface area contributed by atoms with E-state index in [2.05, 4.69) is 5.32 Å². The van der Waals surface area contributed by atoms with E-state index in [1.165, 1.54) is 6.07 Å². The number of hydrogen-bond donors (Lipinski definition) is 2. The first-order valence-corrected chi connectivity index (χ1v) is 7.64. The van der Waals surface area contributed by atoms with Gasteiger partial charge in [0.25, 0.3) is 0 Å². The molecule has 0 unspecified atom stereocenters. The second kappa shape index (κ2) is 6.56. The number of rotatable bonds is 3. The minimum Gasteiger partial charge on any atom is -0.481 e. The highest BCUT2D eigenvalue weighted by Crippen LogP contribution is 2.41. The van der Waals surface area contributed by atoms with Crippen molar-refractivity contribution in [3.63, 3.8) is 0 Å². The Balaban J connectivity index is 2.11. The maximum Gasteiger partial charge on any atom is 0.407 e. The van der Waals surface area contributed by atoms with Gasteiger partial charge in [-0.1, -0.05) is 18.2 Å². The summed E-state index contributed by atoms with van der Waals surface area (Å²) in [6.07, 6.45) is 0.0471. The van der Waals surface area contributed by atoms with E-state index in [0.29, 0.717) is 12.0 Å². The average Bonchev–Trinajstić information content (AvgIpc) is 2.80. The molecule has 126 valence electrons. The highest BCUT2D eigenvalue weighted by molar-refractivity contribution is 5.73. The number of halogens is 1. The van der Waals surface area contributed by atoms with Gasteiger partial charge in [0.2, 0.25) is 0 Å². The number of carboxylic acids is 1. The third kappa shape index (κ3) is 4.43. The molecule has 5 nitrogen and oxygen atoms in total. The van der Waals surface area contributed by atoms with Crippen LogP contribution in [0.2, 0.25) is 0 Å². The Kier molecular flexibility index (Phi) is 4.92. The first-order valence-electron chi connectivity index (χ1n) is 7.64. The highest BCUT2D eigenvalue weighted by atomic mass is 19.1. The topological polar surface area (TPSA) is 75.6 Å². The second-order valence-corrected chi connectivity index (χ2v) is 6.89. The lowest BCUT2D eigenvalue weighted by molar-refractivity contribution is -0.142. The second-order valence-electron chi connectivity index (χ2n) is 6.89. The number of benzene rings is 1. The van der Waals surface area contributed by atoms with Crippen molar-refractivity contribution in [2.24, 2.45) is 5.92 Å². The largest absolute Gasteiger partial charge is 0.481 e. The van der Waals surface area contributed by atoms with Gasteiger partial charge in [-0.25, -0.2) is 9.18 Å². The van der Waals surface area contributed by atoms with Crippen LogP contribution in [0.4, 0.5) is 9.18 Å². The van der Waals surface area contributed by atoms with E-state index in [1.54, 1.807) is 39.0 Å². The van der Waals surface area contributed by atoms with E-state index in [4.69, 9.17) is 4.74 Å². The van der Waals surface area contributed by atoms with Crippen LogP contribution in [0.1, 0.15) is 45.1 Å². The van der Waals surface area contributed by atoms with E-state index in [1.807, 2.05) is 0 Å². The van der Waals surface area contributed by atoms with E-state index in [-0.39, 0.29) is 12.5 Å². The molecule has 0 saturated heterocycles. The monoisotopic (exact) mass is 323 g/mol. The lowest BCUT2D eigenvalue weighted by Gasteiger charge is -2.21. The summed E-state index contributed by atoms with van der Waals surface area (Å²) in [5.41, 5.74) is -0.242. The Labute approximate surface area is 134 Å². The van der Waals surface area contributed by atoms with Crippen molar-refractivity contribution in [3.05, 3.63) is 35.6 Å². The van der Waals surface area contributed by atoms with Crippen LogP contribution in [0.5, 0.6) is 0 Å². The van der Waals surface area contributed by atoms with Crippen LogP contribution >= 0.6 is 0 Å². The molecule has 0 aliphatic heterocycles. The van der Waals surface area contributed by atoms with Crippen molar-refractivity contribution in [2.45, 2.75) is 51.2 Å². The van der Waals surface area contributed by atoms with Gasteiger partial charge in [0.05, 0.1) is 5.92 Å². The number of ether oxygens (including phenoxy) is 1. The molecule has 0 bridgehead atoms. The number of nitrogens with one attached hydrogen (secondary N) is 1. The SMILES string of the molecule is CC(C)(C)OC(=O)N[C@H]1C[C@@H](C(=O)O)[C@H](c2ccccc2F)C1. The zero-order valence-corrected chi connectivity index (χ0v) is 13.5. The van der Waals surface area contributed by atoms with Crippen molar-refractivity contribution in [1.82, 2.24) is 5.32 Å². The molecular formula is C17H22FNO4. The summed E-state index contributed by atoms with van der Waals surface area (Å²) in [7, 11) is 0. The van der Waals surface area contributed by atoms with E-state index in [9.17, 15) is 19.1 Å². The van der Waals surface area contributed by atoms with Crippen molar-refractivity contribution < 1.29 is 23.8 Å². The molecule has 0 aromatic heterocycles. The van der Waals surface area contributed by atoms with Crippen LogP contribution in [0.25, 0.3) is 0 Å². The maximum absolute atomic E-state index is 14.0. The summed E-state index contributed by atoms with van der Waals surface area (Å²) in [6, 6.07) is 5.83. The van der Waals surface area contributed by atoms with Gasteiger partial charge < -0.3 is 15.2 Å². The lowest BCUT2D eigenvalue weighted by Crippen LogP contribution is -2.38. The van der Waals surface area contributed by atoms with Crippen LogP contribution in [0, 0.1) is 11.7 Å². The number of carbonyl (C=O) groups is 2. The first kappa shape index (κ1) is 17.2. The molecule has 1 amide bonds. The molecule has 0 heterocycles. The van der Waals surface area contributed by atoms with Gasteiger partial charge in [-0.3, -0.25) is 4.79 Å². The predicted molar refractivity (Wildman–Crippen MR) is 82.7 cm³/mol. The molecular weight excluding hydrogens is 301 g/mol. The normalized spacial score (nSPS) is 24.3. The number of carboxylic acid groups (broad SMARTS) is 1. The molecule has 2 rings (SSSR count). The Morgan fingerprint density at radius 2 is 1.91 bits per heavy atom. The molecule has 1 aromatic rings.